The van der Waals surface area contributed by atoms with Crippen LogP contribution in [0.5, 0.6) is 0 Å². The topological polar surface area (TPSA) is 74.2 Å². The molecule has 0 aromatic carbocycles. The highest BCUT2D eigenvalue weighted by atomic mass is 32.2. The van der Waals surface area contributed by atoms with E-state index in [0.717, 1.165) is 37.6 Å². The molecule has 0 saturated heterocycles. The van der Waals surface area contributed by atoms with Gasteiger partial charge in [0, 0.05) is 30.6 Å². The Labute approximate surface area is 155 Å². The second-order valence-electron chi connectivity index (χ2n) is 5.96. The molecule has 1 aromatic rings. The summed E-state index contributed by atoms with van der Waals surface area (Å²) < 4.78 is 37.9. The number of nitrogens with one attached hydrogen (secondary N) is 3. The first kappa shape index (κ1) is 20.6. The van der Waals surface area contributed by atoms with E-state index < -0.39 is 11.9 Å². The van der Waals surface area contributed by atoms with E-state index in [1.165, 1.54) is 6.42 Å². The van der Waals surface area contributed by atoms with Crippen LogP contribution in [0.3, 0.4) is 0 Å². The van der Waals surface area contributed by atoms with Gasteiger partial charge in [-0.15, -0.1) is 0 Å². The number of guanidine groups is 1. The number of aromatic nitrogens is 2. The van der Waals surface area contributed by atoms with E-state index in [1.807, 2.05) is 18.7 Å². The Hall–Kier alpha value is -1.71. The molecule has 1 heterocycles. The Morgan fingerprint density at radius 1 is 1.38 bits per heavy atom. The highest BCUT2D eigenvalue weighted by molar-refractivity contribution is 7.99. The van der Waals surface area contributed by atoms with Crippen molar-refractivity contribution in [2.75, 3.05) is 31.2 Å². The first-order chi connectivity index (χ1) is 12.4. The third-order valence-electron chi connectivity index (χ3n) is 4.01. The van der Waals surface area contributed by atoms with Gasteiger partial charge in [0.1, 0.15) is 5.69 Å². The fourth-order valence-corrected chi connectivity index (χ4v) is 3.53. The predicted molar refractivity (Wildman–Crippen MR) is 99.6 cm³/mol. The van der Waals surface area contributed by atoms with Crippen LogP contribution in [0, 0.1) is 0 Å². The van der Waals surface area contributed by atoms with Crippen LogP contribution in [0.25, 0.3) is 0 Å². The highest BCUT2D eigenvalue weighted by Gasteiger charge is 2.32. The molecule has 10 heteroatoms. The Balaban J connectivity index is 1.83. The Morgan fingerprint density at radius 3 is 2.85 bits per heavy atom. The molecule has 1 fully saturated rings. The van der Waals surface area contributed by atoms with Gasteiger partial charge in [0.25, 0.3) is 0 Å². The second-order valence-corrected chi connectivity index (χ2v) is 7.10. The molecular weight excluding hydrogens is 365 g/mol. The van der Waals surface area contributed by atoms with Gasteiger partial charge in [-0.25, -0.2) is 9.97 Å². The molecule has 0 aliphatic heterocycles. The maximum Gasteiger partial charge on any atom is 0.433 e. The molecular formula is C16H25F3N6S. The summed E-state index contributed by atoms with van der Waals surface area (Å²) in [6.07, 6.45) is 2.18. The number of thioether (sulfide) groups is 1. The van der Waals surface area contributed by atoms with E-state index >= 15 is 0 Å². The summed E-state index contributed by atoms with van der Waals surface area (Å²) in [6.45, 7) is 3.48. The second kappa shape index (κ2) is 9.84. The highest BCUT2D eigenvalue weighted by Crippen LogP contribution is 2.28. The van der Waals surface area contributed by atoms with Gasteiger partial charge in [0.15, 0.2) is 5.96 Å². The van der Waals surface area contributed by atoms with Crippen molar-refractivity contribution in [3.8, 4) is 0 Å². The van der Waals surface area contributed by atoms with Crippen LogP contribution < -0.4 is 16.0 Å². The number of hydrogen-bond acceptors (Lipinski definition) is 5. The van der Waals surface area contributed by atoms with Gasteiger partial charge >= 0.3 is 6.18 Å². The SMILES string of the molecule is CCNC(=NCCNc1nccc(C(F)(F)F)n1)NC1CCC(SC)C1. The molecule has 2 rings (SSSR count). The van der Waals surface area contributed by atoms with Gasteiger partial charge in [-0.3, -0.25) is 4.99 Å². The third kappa shape index (κ3) is 6.54. The molecule has 1 aliphatic carbocycles. The standard InChI is InChI=1S/C16H25F3N6S/c1-3-20-14(24-11-4-5-12(10-11)26-2)22-8-9-23-15-21-7-6-13(25-15)16(17,18)19/h6-7,11-12H,3-5,8-10H2,1-2H3,(H2,20,22,24)(H,21,23,25). The monoisotopic (exact) mass is 390 g/mol. The largest absolute Gasteiger partial charge is 0.433 e. The summed E-state index contributed by atoms with van der Waals surface area (Å²) in [5.74, 6) is 0.678. The predicted octanol–water partition coefficient (Wildman–Crippen LogP) is 2.75. The number of aliphatic imine (C=N–C) groups is 1. The first-order valence-electron chi connectivity index (χ1n) is 8.64. The first-order valence-corrected chi connectivity index (χ1v) is 9.93. The summed E-state index contributed by atoms with van der Waals surface area (Å²) in [7, 11) is 0. The normalized spacial score (nSPS) is 20.9. The van der Waals surface area contributed by atoms with E-state index in [0.29, 0.717) is 24.4 Å². The van der Waals surface area contributed by atoms with Crippen LogP contribution in [0.15, 0.2) is 17.3 Å². The molecule has 0 bridgehead atoms. The molecule has 26 heavy (non-hydrogen) atoms. The minimum absolute atomic E-state index is 0.0495. The van der Waals surface area contributed by atoms with Crippen molar-refractivity contribution in [1.82, 2.24) is 20.6 Å². The van der Waals surface area contributed by atoms with Crippen LogP contribution in [-0.2, 0) is 6.18 Å². The lowest BCUT2D eigenvalue weighted by Gasteiger charge is -2.17. The summed E-state index contributed by atoms with van der Waals surface area (Å²) in [5.41, 5.74) is -0.960. The molecule has 0 amide bonds. The molecule has 6 nitrogen and oxygen atoms in total. The van der Waals surface area contributed by atoms with Crippen molar-refractivity contribution >= 4 is 23.7 Å². The van der Waals surface area contributed by atoms with E-state index in [9.17, 15) is 13.2 Å². The van der Waals surface area contributed by atoms with Gasteiger partial charge < -0.3 is 16.0 Å². The van der Waals surface area contributed by atoms with Crippen molar-refractivity contribution < 1.29 is 13.2 Å². The summed E-state index contributed by atoms with van der Waals surface area (Å²) in [5, 5.41) is 10.1. The van der Waals surface area contributed by atoms with Crippen LogP contribution in [0.2, 0.25) is 0 Å². The van der Waals surface area contributed by atoms with Crippen molar-refractivity contribution in [3.63, 3.8) is 0 Å². The zero-order valence-corrected chi connectivity index (χ0v) is 15.8. The van der Waals surface area contributed by atoms with Crippen molar-refractivity contribution in [2.24, 2.45) is 4.99 Å². The summed E-state index contributed by atoms with van der Waals surface area (Å²) >= 11 is 1.89. The molecule has 0 radical (unpaired) electrons. The quantitative estimate of drug-likeness (QED) is 0.378. The average Bonchev–Trinajstić information content (AvgIpc) is 3.06. The lowest BCUT2D eigenvalue weighted by atomic mass is 10.2. The lowest BCUT2D eigenvalue weighted by Crippen LogP contribution is -2.42. The van der Waals surface area contributed by atoms with E-state index in [1.54, 1.807) is 0 Å². The molecule has 146 valence electrons. The van der Waals surface area contributed by atoms with Crippen LogP contribution in [0.1, 0.15) is 31.9 Å². The van der Waals surface area contributed by atoms with Gasteiger partial charge in [0.05, 0.1) is 6.54 Å². The van der Waals surface area contributed by atoms with Gasteiger partial charge in [-0.1, -0.05) is 0 Å². The van der Waals surface area contributed by atoms with Crippen molar-refractivity contribution in [3.05, 3.63) is 18.0 Å². The fraction of sp³-hybridized carbons (Fsp3) is 0.688. The molecule has 2 unspecified atom stereocenters. The third-order valence-corrected chi connectivity index (χ3v) is 5.11. The number of halogens is 3. The minimum Gasteiger partial charge on any atom is -0.357 e. The zero-order valence-electron chi connectivity index (χ0n) is 14.9. The summed E-state index contributed by atoms with van der Waals surface area (Å²) in [6, 6.07) is 1.25. The van der Waals surface area contributed by atoms with Gasteiger partial charge in [-0.05, 0) is 38.5 Å². The van der Waals surface area contributed by atoms with Crippen molar-refractivity contribution in [2.45, 2.75) is 43.7 Å². The smallest absolute Gasteiger partial charge is 0.357 e. The van der Waals surface area contributed by atoms with E-state index in [4.69, 9.17) is 0 Å². The molecule has 1 aliphatic rings. The van der Waals surface area contributed by atoms with Crippen molar-refractivity contribution in [1.29, 1.82) is 0 Å². The number of alkyl halides is 3. The average molecular weight is 390 g/mol. The minimum atomic E-state index is -4.48. The molecule has 1 aromatic heterocycles. The van der Waals surface area contributed by atoms with E-state index in [2.05, 4.69) is 37.2 Å². The fourth-order valence-electron chi connectivity index (χ4n) is 2.74. The molecule has 0 spiro atoms. The molecule has 1 saturated carbocycles. The maximum atomic E-state index is 12.6. The number of nitrogens with zero attached hydrogens (tertiary/aromatic N) is 3. The molecule has 3 N–H and O–H groups in total. The molecule has 2 atom stereocenters. The zero-order chi connectivity index (χ0) is 19.0. The number of hydrogen-bond donors (Lipinski definition) is 3. The maximum absolute atomic E-state index is 12.6. The Kier molecular flexibility index (Phi) is 7.80. The van der Waals surface area contributed by atoms with Gasteiger partial charge in [0.2, 0.25) is 5.95 Å². The Morgan fingerprint density at radius 2 is 2.19 bits per heavy atom. The lowest BCUT2D eigenvalue weighted by molar-refractivity contribution is -0.141. The van der Waals surface area contributed by atoms with Crippen LogP contribution in [0.4, 0.5) is 19.1 Å². The number of rotatable bonds is 7. The number of anilines is 1. The van der Waals surface area contributed by atoms with Crippen LogP contribution in [-0.4, -0.2) is 53.1 Å². The van der Waals surface area contributed by atoms with Crippen LogP contribution >= 0.6 is 11.8 Å². The Bertz CT molecular complexity index is 596. The van der Waals surface area contributed by atoms with E-state index in [-0.39, 0.29) is 5.95 Å². The summed E-state index contributed by atoms with van der Waals surface area (Å²) in [4.78, 5) is 11.7. The van der Waals surface area contributed by atoms with Gasteiger partial charge in [-0.2, -0.15) is 24.9 Å².